The predicted molar refractivity (Wildman–Crippen MR) is 104 cm³/mol. The van der Waals surface area contributed by atoms with Gasteiger partial charge >= 0.3 is 0 Å². The summed E-state index contributed by atoms with van der Waals surface area (Å²) in [4.78, 5) is 21.0. The maximum atomic E-state index is 4.63. The van der Waals surface area contributed by atoms with Gasteiger partial charge < -0.3 is 14.7 Å². The summed E-state index contributed by atoms with van der Waals surface area (Å²) < 4.78 is 4.38. The molecular weight excluding hydrogens is 346 g/mol. The highest BCUT2D eigenvalue weighted by molar-refractivity contribution is 7.09. The van der Waals surface area contributed by atoms with Gasteiger partial charge in [0.15, 0.2) is 0 Å². The first kappa shape index (κ1) is 16.2. The van der Waals surface area contributed by atoms with Crippen molar-refractivity contribution >= 4 is 28.3 Å². The third-order valence-electron chi connectivity index (χ3n) is 6.02. The lowest BCUT2D eigenvalue weighted by atomic mass is 9.92. The minimum atomic E-state index is 0.515. The molecule has 0 N–H and O–H groups in total. The van der Waals surface area contributed by atoms with E-state index in [4.69, 9.17) is 0 Å². The van der Waals surface area contributed by atoms with Crippen LogP contribution in [0.15, 0.2) is 12.4 Å². The lowest BCUT2D eigenvalue weighted by Gasteiger charge is -2.39. The number of piperidine rings is 1. The van der Waals surface area contributed by atoms with Gasteiger partial charge in [-0.05, 0) is 38.5 Å². The number of anilines is 3. The second kappa shape index (κ2) is 6.64. The molecule has 0 bridgehead atoms. The van der Waals surface area contributed by atoms with Gasteiger partial charge in [0.05, 0.1) is 6.04 Å². The fraction of sp³-hybridized carbons (Fsp3) is 0.667. The van der Waals surface area contributed by atoms with Crippen molar-refractivity contribution in [2.75, 3.05) is 47.4 Å². The molecular formula is C18H25N7S. The van der Waals surface area contributed by atoms with Crippen LogP contribution in [0.4, 0.5) is 16.8 Å². The average molecular weight is 372 g/mol. The van der Waals surface area contributed by atoms with Gasteiger partial charge in [0.2, 0.25) is 5.13 Å². The van der Waals surface area contributed by atoms with Crippen molar-refractivity contribution in [3.8, 4) is 0 Å². The summed E-state index contributed by atoms with van der Waals surface area (Å²) in [5.74, 6) is 3.79. The maximum Gasteiger partial charge on any atom is 0.205 e. The lowest BCUT2D eigenvalue weighted by Crippen LogP contribution is -2.48. The van der Waals surface area contributed by atoms with Gasteiger partial charge in [0.1, 0.15) is 23.8 Å². The zero-order valence-corrected chi connectivity index (χ0v) is 16.0. The number of aryl methyl sites for hydroxylation is 1. The highest BCUT2D eigenvalue weighted by Crippen LogP contribution is 2.37. The van der Waals surface area contributed by atoms with Gasteiger partial charge in [0.25, 0.3) is 0 Å². The fourth-order valence-corrected chi connectivity index (χ4v) is 5.38. The first-order valence-corrected chi connectivity index (χ1v) is 10.4. The van der Waals surface area contributed by atoms with Gasteiger partial charge in [0, 0.05) is 50.3 Å². The van der Waals surface area contributed by atoms with E-state index in [0.29, 0.717) is 6.04 Å². The minimum absolute atomic E-state index is 0.515. The summed E-state index contributed by atoms with van der Waals surface area (Å²) in [5.41, 5.74) is 0. The fourth-order valence-electron chi connectivity index (χ4n) is 4.62. The van der Waals surface area contributed by atoms with Crippen LogP contribution in [0.2, 0.25) is 0 Å². The van der Waals surface area contributed by atoms with Crippen molar-refractivity contribution in [3.05, 3.63) is 18.2 Å². The number of aromatic nitrogens is 4. The summed E-state index contributed by atoms with van der Waals surface area (Å²) in [6.45, 7) is 7.40. The number of rotatable bonds is 3. The molecule has 0 saturated carbocycles. The summed E-state index contributed by atoms with van der Waals surface area (Å²) >= 11 is 1.53. The Hall–Kier alpha value is -1.96. The summed E-state index contributed by atoms with van der Waals surface area (Å²) in [7, 11) is 0. The third kappa shape index (κ3) is 2.90. The number of hydrogen-bond acceptors (Lipinski definition) is 8. The van der Waals surface area contributed by atoms with Crippen LogP contribution in [-0.4, -0.2) is 58.1 Å². The Labute approximate surface area is 158 Å². The van der Waals surface area contributed by atoms with E-state index < -0.39 is 0 Å². The van der Waals surface area contributed by atoms with E-state index >= 15 is 0 Å². The molecule has 2 unspecified atom stereocenters. The van der Waals surface area contributed by atoms with Gasteiger partial charge in [-0.15, -0.1) is 0 Å². The zero-order chi connectivity index (χ0) is 17.5. The molecule has 7 nitrogen and oxygen atoms in total. The van der Waals surface area contributed by atoms with E-state index in [1.165, 1.54) is 37.2 Å². The number of hydrogen-bond donors (Lipinski definition) is 0. The van der Waals surface area contributed by atoms with Crippen molar-refractivity contribution < 1.29 is 0 Å². The van der Waals surface area contributed by atoms with E-state index in [2.05, 4.69) is 40.1 Å². The van der Waals surface area contributed by atoms with E-state index in [9.17, 15) is 0 Å². The largest absolute Gasteiger partial charge is 0.356 e. The van der Waals surface area contributed by atoms with Crippen LogP contribution in [0.25, 0.3) is 0 Å². The summed E-state index contributed by atoms with van der Waals surface area (Å²) in [5, 5.41) is 1.08. The van der Waals surface area contributed by atoms with Gasteiger partial charge in [-0.25, -0.2) is 15.0 Å². The first-order valence-electron chi connectivity index (χ1n) is 9.67. The Morgan fingerprint density at radius 2 is 1.77 bits per heavy atom. The molecule has 3 aliphatic rings. The molecule has 0 aliphatic carbocycles. The standard InChI is InChI=1S/C18H25N7S/c1-13-21-18(26-22-13)25-9-5-14-4-8-24(11-15(14)25)17-10-16(19-12-20-17)23-6-2-3-7-23/h10,12,14-15H,2-9,11H2,1H3. The van der Waals surface area contributed by atoms with Gasteiger partial charge in [-0.1, -0.05) is 0 Å². The van der Waals surface area contributed by atoms with Crippen LogP contribution in [0, 0.1) is 12.8 Å². The molecule has 2 atom stereocenters. The van der Waals surface area contributed by atoms with Crippen LogP contribution in [0.3, 0.4) is 0 Å². The molecule has 0 radical (unpaired) electrons. The predicted octanol–water partition coefficient (Wildman–Crippen LogP) is 2.34. The Bertz CT molecular complexity index is 772. The minimum Gasteiger partial charge on any atom is -0.356 e. The lowest BCUT2D eigenvalue weighted by molar-refractivity contribution is 0.389. The molecule has 3 aliphatic heterocycles. The molecule has 8 heteroatoms. The molecule has 3 fully saturated rings. The van der Waals surface area contributed by atoms with E-state index in [1.54, 1.807) is 6.33 Å². The van der Waals surface area contributed by atoms with Crippen molar-refractivity contribution in [3.63, 3.8) is 0 Å². The molecule has 5 heterocycles. The molecule has 0 amide bonds. The van der Waals surface area contributed by atoms with Crippen molar-refractivity contribution in [2.45, 2.75) is 38.6 Å². The Morgan fingerprint density at radius 3 is 2.54 bits per heavy atom. The molecule has 2 aromatic heterocycles. The van der Waals surface area contributed by atoms with E-state index in [0.717, 1.165) is 61.2 Å². The molecule has 5 rings (SSSR count). The highest BCUT2D eigenvalue weighted by Gasteiger charge is 2.40. The van der Waals surface area contributed by atoms with Crippen LogP contribution in [-0.2, 0) is 0 Å². The summed E-state index contributed by atoms with van der Waals surface area (Å²) in [6, 6.07) is 2.70. The Morgan fingerprint density at radius 1 is 1.00 bits per heavy atom. The SMILES string of the molecule is Cc1nsc(N2CCC3CCN(c4cc(N5CCCC5)ncn4)CC32)n1. The van der Waals surface area contributed by atoms with Crippen molar-refractivity contribution in [1.82, 2.24) is 19.3 Å². The molecule has 2 aromatic rings. The first-order chi connectivity index (χ1) is 12.8. The Balaban J connectivity index is 1.35. The average Bonchev–Trinajstić information content (AvgIpc) is 3.41. The molecule has 0 spiro atoms. The smallest absolute Gasteiger partial charge is 0.205 e. The normalized spacial score (nSPS) is 25.8. The highest BCUT2D eigenvalue weighted by atomic mass is 32.1. The quantitative estimate of drug-likeness (QED) is 0.821. The molecule has 138 valence electrons. The topological polar surface area (TPSA) is 61.3 Å². The molecule has 3 saturated heterocycles. The van der Waals surface area contributed by atoms with Gasteiger partial charge in [-0.2, -0.15) is 4.37 Å². The zero-order valence-electron chi connectivity index (χ0n) is 15.2. The monoisotopic (exact) mass is 371 g/mol. The molecule has 0 aromatic carbocycles. The van der Waals surface area contributed by atoms with Crippen LogP contribution in [0.5, 0.6) is 0 Å². The number of fused-ring (bicyclic) bond motifs is 1. The Kier molecular flexibility index (Phi) is 4.15. The third-order valence-corrected chi connectivity index (χ3v) is 6.86. The second-order valence-corrected chi connectivity index (χ2v) is 8.33. The van der Waals surface area contributed by atoms with Crippen LogP contribution >= 0.6 is 11.5 Å². The van der Waals surface area contributed by atoms with Crippen molar-refractivity contribution in [2.24, 2.45) is 5.92 Å². The second-order valence-electron chi connectivity index (χ2n) is 7.60. The van der Waals surface area contributed by atoms with Crippen LogP contribution in [0.1, 0.15) is 31.5 Å². The maximum absolute atomic E-state index is 4.63. The van der Waals surface area contributed by atoms with Gasteiger partial charge in [-0.3, -0.25) is 0 Å². The van der Waals surface area contributed by atoms with E-state index in [1.807, 2.05) is 6.92 Å². The van der Waals surface area contributed by atoms with Crippen molar-refractivity contribution in [1.29, 1.82) is 0 Å². The summed E-state index contributed by atoms with van der Waals surface area (Å²) in [6.07, 6.45) is 6.75. The number of nitrogens with zero attached hydrogens (tertiary/aromatic N) is 7. The molecule has 26 heavy (non-hydrogen) atoms. The van der Waals surface area contributed by atoms with Crippen LogP contribution < -0.4 is 14.7 Å². The van der Waals surface area contributed by atoms with E-state index in [-0.39, 0.29) is 0 Å².